The van der Waals surface area contributed by atoms with Crippen LogP contribution in [0.3, 0.4) is 0 Å². The maximum Gasteiger partial charge on any atom is 0.442 e. The third-order valence-electron chi connectivity index (χ3n) is 2.88. The van der Waals surface area contributed by atoms with E-state index < -0.39 is 5.76 Å². The molecule has 0 aliphatic rings. The summed E-state index contributed by atoms with van der Waals surface area (Å²) in [6.07, 6.45) is 1.60. The predicted molar refractivity (Wildman–Crippen MR) is 74.5 cm³/mol. The highest BCUT2D eigenvalue weighted by Crippen LogP contribution is 2.18. The van der Waals surface area contributed by atoms with E-state index >= 15 is 0 Å². The molecule has 0 spiro atoms. The van der Waals surface area contributed by atoms with Gasteiger partial charge < -0.3 is 0 Å². The second-order valence-electron chi connectivity index (χ2n) is 4.18. The summed E-state index contributed by atoms with van der Waals surface area (Å²) in [5.41, 5.74) is 1.54. The van der Waals surface area contributed by atoms with Crippen LogP contribution < -0.4 is 5.76 Å². The highest BCUT2D eigenvalue weighted by atomic mass is 35.5. The van der Waals surface area contributed by atoms with Crippen molar-refractivity contribution in [2.75, 3.05) is 0 Å². The number of hydrogen-bond donors (Lipinski definition) is 0. The van der Waals surface area contributed by atoms with Crippen molar-refractivity contribution in [1.82, 2.24) is 14.7 Å². The van der Waals surface area contributed by atoms with Crippen LogP contribution in [-0.2, 0) is 6.54 Å². The van der Waals surface area contributed by atoms with Gasteiger partial charge in [-0.1, -0.05) is 53.2 Å². The summed E-state index contributed by atoms with van der Waals surface area (Å²) in [6.45, 7) is 0.263. The van der Waals surface area contributed by atoms with Crippen molar-refractivity contribution in [3.05, 3.63) is 69.9 Å². The fourth-order valence-electron chi connectivity index (χ4n) is 1.91. The summed E-state index contributed by atoms with van der Waals surface area (Å²) in [5, 5.41) is 4.18. The van der Waals surface area contributed by atoms with E-state index in [1.165, 1.54) is 4.57 Å². The van der Waals surface area contributed by atoms with Gasteiger partial charge in [-0.3, -0.25) is 9.09 Å². The molecule has 0 saturated heterocycles. The molecule has 6 heteroatoms. The zero-order valence-corrected chi connectivity index (χ0v) is 11.1. The van der Waals surface area contributed by atoms with Crippen molar-refractivity contribution in [3.8, 4) is 11.4 Å². The average Bonchev–Trinajstić information content (AvgIpc) is 2.84. The fourth-order valence-corrected chi connectivity index (χ4v) is 2.09. The van der Waals surface area contributed by atoms with Crippen molar-refractivity contribution in [2.45, 2.75) is 6.54 Å². The molecule has 0 bridgehead atoms. The van der Waals surface area contributed by atoms with E-state index in [9.17, 15) is 4.79 Å². The number of pyridine rings is 1. The highest BCUT2D eigenvalue weighted by molar-refractivity contribution is 6.30. The van der Waals surface area contributed by atoms with Gasteiger partial charge in [-0.15, -0.1) is 0 Å². The van der Waals surface area contributed by atoms with Gasteiger partial charge in [0.2, 0.25) is 0 Å². The van der Waals surface area contributed by atoms with Crippen LogP contribution in [0.5, 0.6) is 0 Å². The normalized spacial score (nSPS) is 10.7. The second kappa shape index (κ2) is 5.30. The topological polar surface area (TPSA) is 60.9 Å². The Morgan fingerprint density at radius 3 is 2.70 bits per heavy atom. The first-order valence-electron chi connectivity index (χ1n) is 5.97. The van der Waals surface area contributed by atoms with Crippen LogP contribution in [-0.4, -0.2) is 14.7 Å². The predicted octanol–water partition coefficient (Wildman–Crippen LogP) is 2.60. The minimum atomic E-state index is -0.524. The van der Waals surface area contributed by atoms with Crippen LogP contribution in [0.4, 0.5) is 0 Å². The van der Waals surface area contributed by atoms with Gasteiger partial charge in [-0.2, -0.15) is 0 Å². The Labute approximate surface area is 119 Å². The largest absolute Gasteiger partial charge is 0.442 e. The van der Waals surface area contributed by atoms with Crippen LogP contribution in [0.25, 0.3) is 11.4 Å². The molecule has 0 amide bonds. The van der Waals surface area contributed by atoms with E-state index in [2.05, 4.69) is 10.1 Å². The lowest BCUT2D eigenvalue weighted by Gasteiger charge is -2.05. The summed E-state index contributed by atoms with van der Waals surface area (Å²) >= 11 is 6.01. The Kier molecular flexibility index (Phi) is 3.35. The molecule has 20 heavy (non-hydrogen) atoms. The van der Waals surface area contributed by atoms with Crippen LogP contribution in [0.1, 0.15) is 5.56 Å². The number of rotatable bonds is 3. The van der Waals surface area contributed by atoms with Crippen LogP contribution >= 0.6 is 11.6 Å². The number of nitrogens with zero attached hydrogens (tertiary/aromatic N) is 3. The van der Waals surface area contributed by atoms with Crippen molar-refractivity contribution in [3.63, 3.8) is 0 Å². The zero-order chi connectivity index (χ0) is 13.9. The molecule has 3 aromatic rings. The molecule has 0 aliphatic heterocycles. The van der Waals surface area contributed by atoms with E-state index in [0.29, 0.717) is 11.0 Å². The van der Waals surface area contributed by atoms with Gasteiger partial charge >= 0.3 is 5.76 Å². The van der Waals surface area contributed by atoms with Gasteiger partial charge in [0.25, 0.3) is 0 Å². The van der Waals surface area contributed by atoms with Gasteiger partial charge in [-0.05, 0) is 6.07 Å². The van der Waals surface area contributed by atoms with E-state index in [0.717, 1.165) is 11.1 Å². The molecule has 0 saturated carbocycles. The smallest absolute Gasteiger partial charge is 0.295 e. The average molecular weight is 288 g/mol. The molecule has 0 N–H and O–H groups in total. The molecule has 3 rings (SSSR count). The highest BCUT2D eigenvalue weighted by Gasteiger charge is 2.14. The zero-order valence-electron chi connectivity index (χ0n) is 10.4. The van der Waals surface area contributed by atoms with Gasteiger partial charge in [0.05, 0.1) is 6.54 Å². The van der Waals surface area contributed by atoms with Gasteiger partial charge in [0.15, 0.2) is 5.82 Å². The molecule has 0 radical (unpaired) electrons. The second-order valence-corrected chi connectivity index (χ2v) is 4.54. The standard InChI is InChI=1S/C14H10ClN3O2/c15-12-11(7-4-8-16-12)9-18-13(17-20-14(18)19)10-5-2-1-3-6-10/h1-8H,9H2. The third-order valence-corrected chi connectivity index (χ3v) is 3.22. The van der Waals surface area contributed by atoms with Crippen LogP contribution in [0.15, 0.2) is 58.0 Å². The molecule has 0 fully saturated rings. The molecule has 0 aliphatic carbocycles. The maximum atomic E-state index is 11.8. The van der Waals surface area contributed by atoms with Crippen molar-refractivity contribution < 1.29 is 4.52 Å². The van der Waals surface area contributed by atoms with Crippen molar-refractivity contribution >= 4 is 11.6 Å². The molecule has 0 unspecified atom stereocenters. The monoisotopic (exact) mass is 287 g/mol. The molecule has 2 heterocycles. The lowest BCUT2D eigenvalue weighted by atomic mass is 10.2. The fraction of sp³-hybridized carbons (Fsp3) is 0.0714. The summed E-state index contributed by atoms with van der Waals surface area (Å²) in [4.78, 5) is 15.8. The lowest BCUT2D eigenvalue weighted by Crippen LogP contribution is -2.16. The molecule has 100 valence electrons. The summed E-state index contributed by atoms with van der Waals surface area (Å²) in [6, 6.07) is 12.9. The number of aromatic nitrogens is 3. The molecular weight excluding hydrogens is 278 g/mol. The maximum absolute atomic E-state index is 11.8. The SMILES string of the molecule is O=c1onc(-c2ccccc2)n1Cc1cccnc1Cl. The van der Waals surface area contributed by atoms with E-state index in [4.69, 9.17) is 16.1 Å². The molecule has 0 atom stereocenters. The Bertz CT molecular complexity index is 780. The molecule has 5 nitrogen and oxygen atoms in total. The molecule has 2 aromatic heterocycles. The number of hydrogen-bond acceptors (Lipinski definition) is 4. The van der Waals surface area contributed by atoms with Crippen molar-refractivity contribution in [1.29, 1.82) is 0 Å². The minimum absolute atomic E-state index is 0.263. The Balaban J connectivity index is 2.05. The summed E-state index contributed by atoms with van der Waals surface area (Å²) in [7, 11) is 0. The van der Waals surface area contributed by atoms with Crippen molar-refractivity contribution in [2.24, 2.45) is 0 Å². The molecule has 1 aromatic carbocycles. The quantitative estimate of drug-likeness (QED) is 0.695. The van der Waals surface area contributed by atoms with E-state index in [-0.39, 0.29) is 6.54 Å². The Morgan fingerprint density at radius 2 is 1.95 bits per heavy atom. The van der Waals surface area contributed by atoms with Gasteiger partial charge in [0.1, 0.15) is 5.15 Å². The van der Waals surface area contributed by atoms with Gasteiger partial charge in [0, 0.05) is 17.3 Å². The van der Waals surface area contributed by atoms with E-state index in [1.807, 2.05) is 36.4 Å². The van der Waals surface area contributed by atoms with Gasteiger partial charge in [-0.25, -0.2) is 9.78 Å². The lowest BCUT2D eigenvalue weighted by molar-refractivity contribution is 0.378. The molecular formula is C14H10ClN3O2. The first-order valence-corrected chi connectivity index (χ1v) is 6.35. The Hall–Kier alpha value is -2.40. The first kappa shape index (κ1) is 12.6. The number of benzene rings is 1. The summed E-state index contributed by atoms with van der Waals surface area (Å²) < 4.78 is 6.18. The third kappa shape index (κ3) is 2.35. The van der Waals surface area contributed by atoms with E-state index in [1.54, 1.807) is 12.3 Å². The van der Waals surface area contributed by atoms with Crippen LogP contribution in [0.2, 0.25) is 5.15 Å². The Morgan fingerprint density at radius 1 is 1.15 bits per heavy atom. The minimum Gasteiger partial charge on any atom is -0.295 e. The summed E-state index contributed by atoms with van der Waals surface area (Å²) in [5.74, 6) is -0.0562. The number of halogens is 1. The van der Waals surface area contributed by atoms with Crippen LogP contribution in [0, 0.1) is 0 Å². The first-order chi connectivity index (χ1) is 9.75.